The minimum atomic E-state index is -4.40. The van der Waals surface area contributed by atoms with Gasteiger partial charge in [0, 0.05) is 31.7 Å². The summed E-state index contributed by atoms with van der Waals surface area (Å²) in [6.07, 6.45) is -2.22. The van der Waals surface area contributed by atoms with Crippen molar-refractivity contribution < 1.29 is 27.4 Å². The van der Waals surface area contributed by atoms with E-state index in [2.05, 4.69) is 10.2 Å². The van der Waals surface area contributed by atoms with Gasteiger partial charge in [-0.3, -0.25) is 0 Å². The number of aliphatic imine (C=N–C) groups is 1. The molecule has 0 bridgehead atoms. The molecule has 1 unspecified atom stereocenters. The van der Waals surface area contributed by atoms with Crippen LogP contribution in [0.15, 0.2) is 23.2 Å². The molecule has 2 aliphatic rings. The Morgan fingerprint density at radius 1 is 1.30 bits per heavy atom. The average molecular weight is 543 g/mol. The van der Waals surface area contributed by atoms with Crippen LogP contribution >= 0.6 is 24.0 Å². The summed E-state index contributed by atoms with van der Waals surface area (Å²) in [5, 5.41) is 3.33. The molecule has 0 aliphatic carbocycles. The number of likely N-dealkylation sites (tertiary alicyclic amines) is 1. The number of hydrogen-bond donors (Lipinski definition) is 1. The first-order valence-corrected chi connectivity index (χ1v) is 9.82. The number of guanidine groups is 1. The summed E-state index contributed by atoms with van der Waals surface area (Å²) in [7, 11) is 1.40. The van der Waals surface area contributed by atoms with Crippen LogP contribution in [0.3, 0.4) is 0 Å². The Balaban J connectivity index is 0.00000320. The fourth-order valence-electron chi connectivity index (χ4n) is 3.77. The van der Waals surface area contributed by atoms with Crippen LogP contribution in [0, 0.1) is 5.41 Å². The van der Waals surface area contributed by atoms with Gasteiger partial charge >= 0.3 is 6.18 Å². The van der Waals surface area contributed by atoms with Crippen molar-refractivity contribution in [1.82, 2.24) is 10.2 Å². The highest BCUT2D eigenvalue weighted by atomic mass is 127. The molecule has 1 spiro atoms. The number of methoxy groups -OCH3 is 1. The second-order valence-electron chi connectivity index (χ2n) is 7.53. The molecular weight excluding hydrogens is 514 g/mol. The molecule has 0 radical (unpaired) electrons. The van der Waals surface area contributed by atoms with Crippen molar-refractivity contribution in [3.63, 3.8) is 0 Å². The van der Waals surface area contributed by atoms with Gasteiger partial charge in [-0.1, -0.05) is 6.07 Å². The van der Waals surface area contributed by atoms with Crippen LogP contribution in [0.25, 0.3) is 0 Å². The van der Waals surface area contributed by atoms with E-state index in [9.17, 15) is 13.2 Å². The number of hydrogen-bond acceptors (Lipinski definition) is 4. The molecule has 2 fully saturated rings. The maximum Gasteiger partial charge on any atom is 0.422 e. The molecule has 1 aromatic rings. The van der Waals surface area contributed by atoms with Crippen LogP contribution in [0.4, 0.5) is 13.2 Å². The van der Waals surface area contributed by atoms with E-state index >= 15 is 0 Å². The van der Waals surface area contributed by atoms with Crippen LogP contribution in [-0.2, 0) is 11.3 Å². The zero-order chi connectivity index (χ0) is 20.9. The number of alkyl halides is 3. The molecule has 1 N–H and O–H groups in total. The molecule has 3 rings (SSSR count). The molecule has 30 heavy (non-hydrogen) atoms. The van der Waals surface area contributed by atoms with Gasteiger partial charge in [-0.05, 0) is 37.5 Å². The minimum Gasteiger partial charge on any atom is -0.493 e. The quantitative estimate of drug-likeness (QED) is 0.336. The van der Waals surface area contributed by atoms with E-state index < -0.39 is 12.8 Å². The molecule has 6 nitrogen and oxygen atoms in total. The van der Waals surface area contributed by atoms with Gasteiger partial charge in [-0.2, -0.15) is 13.2 Å². The first-order chi connectivity index (χ1) is 13.8. The third-order valence-electron chi connectivity index (χ3n) is 5.29. The fourth-order valence-corrected chi connectivity index (χ4v) is 3.77. The van der Waals surface area contributed by atoms with Crippen molar-refractivity contribution in [1.29, 1.82) is 0 Å². The van der Waals surface area contributed by atoms with E-state index in [4.69, 9.17) is 19.2 Å². The number of nitrogens with zero attached hydrogens (tertiary/aromatic N) is 2. The largest absolute Gasteiger partial charge is 0.493 e. The molecule has 0 amide bonds. The Hall–Kier alpha value is -1.43. The Bertz CT molecular complexity index is 725. The predicted octanol–water partition coefficient (Wildman–Crippen LogP) is 3.83. The fraction of sp³-hybridized carbons (Fsp3) is 0.650. The van der Waals surface area contributed by atoms with Gasteiger partial charge in [0.05, 0.1) is 20.3 Å². The predicted molar refractivity (Wildman–Crippen MR) is 119 cm³/mol. The zero-order valence-electron chi connectivity index (χ0n) is 17.3. The Morgan fingerprint density at radius 2 is 2.10 bits per heavy atom. The standard InChI is InChI=1S/C20H28F3N3O3.HI/c1-3-24-18(26-8-6-19(12-26)7-9-28-13-19)25-11-15-4-5-16(17(10-15)27-2)29-14-20(21,22)23;/h4-5,10H,3,6-9,11-14H2,1-2H3,(H,24,25);1H. The van der Waals surface area contributed by atoms with Crippen LogP contribution in [-0.4, -0.2) is 63.6 Å². The average Bonchev–Trinajstić information content (AvgIpc) is 3.33. The summed E-state index contributed by atoms with van der Waals surface area (Å²) in [5.41, 5.74) is 1.06. The van der Waals surface area contributed by atoms with Crippen molar-refractivity contribution in [2.24, 2.45) is 10.4 Å². The van der Waals surface area contributed by atoms with Crippen LogP contribution in [0.1, 0.15) is 25.3 Å². The van der Waals surface area contributed by atoms with Crippen molar-refractivity contribution in [2.45, 2.75) is 32.5 Å². The van der Waals surface area contributed by atoms with Gasteiger partial charge in [0.2, 0.25) is 0 Å². The monoisotopic (exact) mass is 543 g/mol. The topological polar surface area (TPSA) is 55.3 Å². The summed E-state index contributed by atoms with van der Waals surface area (Å²) in [5.74, 6) is 1.16. The molecule has 1 aromatic carbocycles. The summed E-state index contributed by atoms with van der Waals surface area (Å²) in [4.78, 5) is 6.99. The van der Waals surface area contributed by atoms with Crippen LogP contribution in [0.5, 0.6) is 11.5 Å². The Labute approximate surface area is 192 Å². The lowest BCUT2D eigenvalue weighted by molar-refractivity contribution is -0.153. The molecule has 10 heteroatoms. The van der Waals surface area contributed by atoms with Crippen LogP contribution in [0.2, 0.25) is 0 Å². The summed E-state index contributed by atoms with van der Waals surface area (Å²) >= 11 is 0. The molecule has 2 heterocycles. The minimum absolute atomic E-state index is 0. The number of ether oxygens (including phenoxy) is 3. The third kappa shape index (κ3) is 6.53. The van der Waals surface area contributed by atoms with E-state index in [1.807, 2.05) is 6.92 Å². The smallest absolute Gasteiger partial charge is 0.422 e. The summed E-state index contributed by atoms with van der Waals surface area (Å²) < 4.78 is 52.8. The first kappa shape index (κ1) is 24.8. The number of benzene rings is 1. The highest BCUT2D eigenvalue weighted by molar-refractivity contribution is 14.0. The lowest BCUT2D eigenvalue weighted by atomic mass is 9.87. The SMILES string of the molecule is CCNC(=NCc1ccc(OCC(F)(F)F)c(OC)c1)N1CCC2(CCOC2)C1.I. The van der Waals surface area contributed by atoms with Gasteiger partial charge in [0.15, 0.2) is 24.1 Å². The van der Waals surface area contributed by atoms with Crippen LogP contribution < -0.4 is 14.8 Å². The highest BCUT2D eigenvalue weighted by Gasteiger charge is 2.42. The van der Waals surface area contributed by atoms with Gasteiger partial charge in [-0.15, -0.1) is 24.0 Å². The lowest BCUT2D eigenvalue weighted by Gasteiger charge is -2.25. The van der Waals surface area contributed by atoms with Crippen molar-refractivity contribution >= 4 is 29.9 Å². The second kappa shape index (κ2) is 10.7. The van der Waals surface area contributed by atoms with E-state index in [1.54, 1.807) is 12.1 Å². The van der Waals surface area contributed by atoms with Gasteiger partial charge in [-0.25, -0.2) is 4.99 Å². The summed E-state index contributed by atoms with van der Waals surface area (Å²) in [6, 6.07) is 4.86. The first-order valence-electron chi connectivity index (χ1n) is 9.82. The van der Waals surface area contributed by atoms with Crippen molar-refractivity contribution in [3.8, 4) is 11.5 Å². The normalized spacial score (nSPS) is 21.6. The Morgan fingerprint density at radius 3 is 2.73 bits per heavy atom. The number of nitrogens with one attached hydrogen (secondary N) is 1. The highest BCUT2D eigenvalue weighted by Crippen LogP contribution is 2.38. The van der Waals surface area contributed by atoms with Crippen molar-refractivity contribution in [3.05, 3.63) is 23.8 Å². The lowest BCUT2D eigenvalue weighted by Crippen LogP contribution is -2.41. The van der Waals surface area contributed by atoms with Gasteiger partial charge in [0.1, 0.15) is 0 Å². The molecule has 170 valence electrons. The molecule has 1 atom stereocenters. The van der Waals surface area contributed by atoms with Gasteiger partial charge in [0.25, 0.3) is 0 Å². The molecule has 2 aliphatic heterocycles. The zero-order valence-corrected chi connectivity index (χ0v) is 19.6. The maximum absolute atomic E-state index is 12.4. The van der Waals surface area contributed by atoms with Gasteiger partial charge < -0.3 is 24.4 Å². The summed E-state index contributed by atoms with van der Waals surface area (Å²) in [6.45, 7) is 5.30. The maximum atomic E-state index is 12.4. The van der Waals surface area contributed by atoms with E-state index in [0.29, 0.717) is 6.54 Å². The molecule has 2 saturated heterocycles. The molecular formula is C20H29F3IN3O3. The van der Waals surface area contributed by atoms with E-state index in [1.165, 1.54) is 13.2 Å². The third-order valence-corrected chi connectivity index (χ3v) is 5.29. The van der Waals surface area contributed by atoms with E-state index in [-0.39, 0.29) is 40.9 Å². The second-order valence-corrected chi connectivity index (χ2v) is 7.53. The number of rotatable bonds is 6. The van der Waals surface area contributed by atoms with Crippen molar-refractivity contribution in [2.75, 3.05) is 46.6 Å². The molecule has 0 saturated carbocycles. The number of halogens is 4. The molecule has 0 aromatic heterocycles. The Kier molecular flexibility index (Phi) is 8.89. The van der Waals surface area contributed by atoms with E-state index in [0.717, 1.165) is 57.2 Å².